The summed E-state index contributed by atoms with van der Waals surface area (Å²) in [6, 6.07) is 19.0. The van der Waals surface area contributed by atoms with Gasteiger partial charge >= 0.3 is 0 Å². The van der Waals surface area contributed by atoms with Gasteiger partial charge in [-0.05, 0) is 73.0 Å². The van der Waals surface area contributed by atoms with Gasteiger partial charge in [-0.25, -0.2) is 0 Å². The molecule has 37 heavy (non-hydrogen) atoms. The molecule has 0 saturated heterocycles. The van der Waals surface area contributed by atoms with Crippen molar-refractivity contribution in [1.82, 2.24) is 10.2 Å². The molecule has 4 amide bonds. The lowest BCUT2D eigenvalue weighted by Gasteiger charge is -2.24. The Morgan fingerprint density at radius 2 is 1.57 bits per heavy atom. The summed E-state index contributed by atoms with van der Waals surface area (Å²) in [5.41, 5.74) is 3.54. The number of anilines is 2. The Kier molecular flexibility index (Phi) is 6.59. The molecular weight excluding hydrogens is 472 g/mol. The van der Waals surface area contributed by atoms with Gasteiger partial charge < -0.3 is 25.6 Å². The van der Waals surface area contributed by atoms with Gasteiger partial charge in [-0.3, -0.25) is 19.2 Å². The van der Waals surface area contributed by atoms with Crippen LogP contribution in [0.4, 0.5) is 11.4 Å². The van der Waals surface area contributed by atoms with Gasteiger partial charge in [-0.2, -0.15) is 0 Å². The number of hydrogen-bond donors (Lipinski definition) is 3. The first-order chi connectivity index (χ1) is 17.9. The number of carbonyl (C=O) groups is 4. The fourth-order valence-corrected chi connectivity index (χ4v) is 4.14. The second-order valence-corrected chi connectivity index (χ2v) is 9.02. The van der Waals surface area contributed by atoms with Crippen LogP contribution < -0.4 is 20.7 Å². The maximum atomic E-state index is 13.3. The third-order valence-corrected chi connectivity index (χ3v) is 6.31. The fraction of sp³-hybridized carbons (Fsp3) is 0.214. The van der Waals surface area contributed by atoms with Gasteiger partial charge in [-0.15, -0.1) is 0 Å². The number of nitrogens with one attached hydrogen (secondary N) is 3. The smallest absolute Gasteiger partial charge is 0.262 e. The predicted octanol–water partition coefficient (Wildman–Crippen LogP) is 3.43. The van der Waals surface area contributed by atoms with Crippen molar-refractivity contribution in [3.63, 3.8) is 0 Å². The molecule has 0 spiro atoms. The lowest BCUT2D eigenvalue weighted by molar-refractivity contribution is -0.118. The lowest BCUT2D eigenvalue weighted by Crippen LogP contribution is -2.33. The quantitative estimate of drug-likeness (QED) is 0.462. The van der Waals surface area contributed by atoms with Gasteiger partial charge in [0.1, 0.15) is 5.75 Å². The SMILES string of the molecule is CNC(=O)c1ccc(NC(=O)c2ccc(CN(C(=O)c3ccc4c(c3)OCC(=O)N4)C3CC3)cc2)cc1. The van der Waals surface area contributed by atoms with Crippen LogP contribution in [0.5, 0.6) is 5.75 Å². The third-order valence-electron chi connectivity index (χ3n) is 6.31. The van der Waals surface area contributed by atoms with Crippen LogP contribution in [-0.2, 0) is 11.3 Å². The monoisotopic (exact) mass is 498 g/mol. The summed E-state index contributed by atoms with van der Waals surface area (Å²) < 4.78 is 5.46. The largest absolute Gasteiger partial charge is 0.482 e. The van der Waals surface area contributed by atoms with Crippen LogP contribution in [-0.4, -0.2) is 48.2 Å². The second kappa shape index (κ2) is 10.1. The van der Waals surface area contributed by atoms with Crippen LogP contribution in [0.25, 0.3) is 0 Å². The molecule has 5 rings (SSSR count). The summed E-state index contributed by atoms with van der Waals surface area (Å²) >= 11 is 0. The van der Waals surface area contributed by atoms with Gasteiger partial charge in [-0.1, -0.05) is 12.1 Å². The van der Waals surface area contributed by atoms with Crippen LogP contribution >= 0.6 is 0 Å². The van der Waals surface area contributed by atoms with Gasteiger partial charge in [0.2, 0.25) is 0 Å². The number of carbonyl (C=O) groups excluding carboxylic acids is 4. The average Bonchev–Trinajstić information content (AvgIpc) is 3.77. The van der Waals surface area contributed by atoms with E-state index >= 15 is 0 Å². The summed E-state index contributed by atoms with van der Waals surface area (Å²) in [6.07, 6.45) is 1.89. The number of rotatable bonds is 7. The number of nitrogens with zero attached hydrogens (tertiary/aromatic N) is 1. The first kappa shape index (κ1) is 24.1. The predicted molar refractivity (Wildman–Crippen MR) is 138 cm³/mol. The van der Waals surface area contributed by atoms with Crippen molar-refractivity contribution in [2.45, 2.75) is 25.4 Å². The molecule has 0 radical (unpaired) electrons. The topological polar surface area (TPSA) is 117 Å². The van der Waals surface area contributed by atoms with E-state index < -0.39 is 0 Å². The van der Waals surface area contributed by atoms with Crippen LogP contribution in [0.2, 0.25) is 0 Å². The molecule has 3 N–H and O–H groups in total. The van der Waals surface area contributed by atoms with Gasteiger partial charge in [0, 0.05) is 42.0 Å². The molecule has 0 bridgehead atoms. The van der Waals surface area contributed by atoms with Crippen molar-refractivity contribution >= 4 is 35.0 Å². The van der Waals surface area contributed by atoms with E-state index in [0.29, 0.717) is 40.4 Å². The molecule has 9 nitrogen and oxygen atoms in total. The Hall–Kier alpha value is -4.66. The van der Waals surface area contributed by atoms with Crippen molar-refractivity contribution in [3.05, 3.63) is 89.0 Å². The Labute approximate surface area is 213 Å². The van der Waals surface area contributed by atoms with E-state index in [2.05, 4.69) is 16.0 Å². The zero-order chi connectivity index (χ0) is 25.9. The van der Waals surface area contributed by atoms with Gasteiger partial charge in [0.15, 0.2) is 6.61 Å². The Balaban J connectivity index is 1.24. The highest BCUT2D eigenvalue weighted by molar-refractivity contribution is 6.04. The van der Waals surface area contributed by atoms with Crippen molar-refractivity contribution < 1.29 is 23.9 Å². The van der Waals surface area contributed by atoms with Crippen molar-refractivity contribution in [1.29, 1.82) is 0 Å². The number of benzene rings is 3. The van der Waals surface area contributed by atoms with E-state index in [4.69, 9.17) is 4.74 Å². The molecule has 3 aromatic rings. The maximum absolute atomic E-state index is 13.3. The van der Waals surface area contributed by atoms with E-state index in [-0.39, 0.29) is 36.3 Å². The van der Waals surface area contributed by atoms with Crippen LogP contribution in [0.3, 0.4) is 0 Å². The summed E-state index contributed by atoms with van der Waals surface area (Å²) in [4.78, 5) is 51.0. The van der Waals surface area contributed by atoms with Crippen molar-refractivity contribution in [2.75, 3.05) is 24.3 Å². The highest BCUT2D eigenvalue weighted by Crippen LogP contribution is 2.33. The van der Waals surface area contributed by atoms with Crippen LogP contribution in [0.1, 0.15) is 49.5 Å². The summed E-state index contributed by atoms with van der Waals surface area (Å²) in [5.74, 6) is -0.300. The molecule has 0 unspecified atom stereocenters. The molecule has 1 heterocycles. The minimum absolute atomic E-state index is 0.0712. The van der Waals surface area contributed by atoms with E-state index in [1.54, 1.807) is 61.6 Å². The highest BCUT2D eigenvalue weighted by atomic mass is 16.5. The fourth-order valence-electron chi connectivity index (χ4n) is 4.14. The molecule has 1 aliphatic carbocycles. The highest BCUT2D eigenvalue weighted by Gasteiger charge is 2.33. The zero-order valence-corrected chi connectivity index (χ0v) is 20.2. The van der Waals surface area contributed by atoms with Crippen molar-refractivity contribution in [2.24, 2.45) is 0 Å². The Morgan fingerprint density at radius 1 is 0.919 bits per heavy atom. The minimum Gasteiger partial charge on any atom is -0.482 e. The molecule has 2 aliphatic rings. The molecule has 0 aromatic heterocycles. The number of ether oxygens (including phenoxy) is 1. The number of amides is 4. The third kappa shape index (κ3) is 5.45. The van der Waals surface area contributed by atoms with E-state index in [9.17, 15) is 19.2 Å². The first-order valence-corrected chi connectivity index (χ1v) is 12.0. The average molecular weight is 499 g/mol. The minimum atomic E-state index is -0.268. The van der Waals surface area contributed by atoms with E-state index in [0.717, 1.165) is 18.4 Å². The number of hydrogen-bond acceptors (Lipinski definition) is 5. The molecular formula is C28H26N4O5. The van der Waals surface area contributed by atoms with Gasteiger partial charge in [0.25, 0.3) is 23.6 Å². The standard InChI is InChI=1S/C28H26N4O5/c1-29-26(34)18-6-9-21(10-7-18)30-27(35)19-4-2-17(3-5-19)15-32(22-11-12-22)28(36)20-8-13-23-24(14-20)37-16-25(33)31-23/h2-10,13-14,22H,11-12,15-16H2,1H3,(H,29,34)(H,30,35)(H,31,33). The maximum Gasteiger partial charge on any atom is 0.262 e. The summed E-state index contributed by atoms with van der Waals surface area (Å²) in [5, 5.41) is 8.11. The molecule has 1 aliphatic heterocycles. The van der Waals surface area contributed by atoms with E-state index in [1.165, 1.54) is 0 Å². The normalized spacial score (nSPS) is 14.0. The molecule has 188 valence electrons. The molecule has 1 fully saturated rings. The van der Waals surface area contributed by atoms with Crippen molar-refractivity contribution in [3.8, 4) is 5.75 Å². The zero-order valence-electron chi connectivity index (χ0n) is 20.2. The van der Waals surface area contributed by atoms with Crippen LogP contribution in [0.15, 0.2) is 66.7 Å². The molecule has 1 saturated carbocycles. The second-order valence-electron chi connectivity index (χ2n) is 9.02. The van der Waals surface area contributed by atoms with Crippen LogP contribution in [0, 0.1) is 0 Å². The molecule has 3 aromatic carbocycles. The summed E-state index contributed by atoms with van der Waals surface area (Å²) in [6.45, 7) is 0.346. The lowest BCUT2D eigenvalue weighted by atomic mass is 10.1. The number of fused-ring (bicyclic) bond motifs is 1. The summed E-state index contributed by atoms with van der Waals surface area (Å²) in [7, 11) is 1.56. The first-order valence-electron chi connectivity index (χ1n) is 12.0. The molecule has 0 atom stereocenters. The molecule has 9 heteroatoms. The van der Waals surface area contributed by atoms with Gasteiger partial charge in [0.05, 0.1) is 5.69 Å². The Morgan fingerprint density at radius 3 is 2.24 bits per heavy atom. The van der Waals surface area contributed by atoms with E-state index in [1.807, 2.05) is 17.0 Å². The Bertz CT molecular complexity index is 1360.